The van der Waals surface area contributed by atoms with Crippen LogP contribution in [0.4, 0.5) is 4.39 Å². The fourth-order valence-corrected chi connectivity index (χ4v) is 2.86. The van der Waals surface area contributed by atoms with Crippen LogP contribution < -0.4 is 14.8 Å². The highest BCUT2D eigenvalue weighted by Crippen LogP contribution is 2.26. The molecule has 0 fully saturated rings. The average Bonchev–Trinajstić information content (AvgIpc) is 3.19. The van der Waals surface area contributed by atoms with Crippen LogP contribution >= 0.6 is 0 Å². The summed E-state index contributed by atoms with van der Waals surface area (Å²) >= 11 is 0. The van der Waals surface area contributed by atoms with Gasteiger partial charge < -0.3 is 19.2 Å². The van der Waals surface area contributed by atoms with Gasteiger partial charge in [-0.2, -0.15) is 0 Å². The van der Waals surface area contributed by atoms with E-state index in [1.807, 2.05) is 6.07 Å². The van der Waals surface area contributed by atoms with Crippen LogP contribution in [-0.2, 0) is 17.8 Å². The molecular weight excluding hydrogens is 361 g/mol. The number of furan rings is 1. The third-order valence-corrected chi connectivity index (χ3v) is 4.36. The first-order chi connectivity index (χ1) is 13.6. The highest BCUT2D eigenvalue weighted by atomic mass is 19.1. The maximum Gasteiger partial charge on any atom is 0.220 e. The maximum atomic E-state index is 13.8. The zero-order valence-corrected chi connectivity index (χ0v) is 15.8. The molecule has 0 aliphatic rings. The second-order valence-electron chi connectivity index (χ2n) is 6.20. The molecule has 3 aromatic rings. The highest BCUT2D eigenvalue weighted by molar-refractivity contribution is 5.76. The molecule has 1 aromatic heterocycles. The molecule has 0 atom stereocenters. The molecule has 2 aromatic carbocycles. The van der Waals surface area contributed by atoms with Gasteiger partial charge in [-0.1, -0.05) is 12.1 Å². The number of halogens is 1. The Hall–Kier alpha value is -3.28. The number of methoxy groups -OCH3 is 2. The molecule has 0 aliphatic heterocycles. The van der Waals surface area contributed by atoms with E-state index in [0.717, 1.165) is 5.56 Å². The quantitative estimate of drug-likeness (QED) is 0.628. The largest absolute Gasteiger partial charge is 0.497 e. The summed E-state index contributed by atoms with van der Waals surface area (Å²) in [6, 6.07) is 15.3. The summed E-state index contributed by atoms with van der Waals surface area (Å²) in [5.41, 5.74) is 1.23. The van der Waals surface area contributed by atoms with E-state index in [1.54, 1.807) is 56.7 Å². The Morgan fingerprint density at radius 2 is 1.89 bits per heavy atom. The summed E-state index contributed by atoms with van der Waals surface area (Å²) in [5.74, 6) is 2.01. The normalized spacial score (nSPS) is 10.5. The molecule has 3 rings (SSSR count). The molecule has 0 spiro atoms. The molecule has 6 heteroatoms. The first-order valence-electron chi connectivity index (χ1n) is 8.92. The number of carbonyl (C=O) groups is 1. The minimum absolute atomic E-state index is 0.117. The van der Waals surface area contributed by atoms with Crippen LogP contribution in [0.2, 0.25) is 0 Å². The van der Waals surface area contributed by atoms with Gasteiger partial charge in [-0.25, -0.2) is 4.39 Å². The Kier molecular flexibility index (Phi) is 6.32. The molecule has 146 valence electrons. The van der Waals surface area contributed by atoms with Gasteiger partial charge in [0, 0.05) is 24.9 Å². The molecule has 0 aliphatic carbocycles. The zero-order valence-electron chi connectivity index (χ0n) is 15.8. The van der Waals surface area contributed by atoms with E-state index in [9.17, 15) is 9.18 Å². The number of hydrogen-bond donors (Lipinski definition) is 1. The summed E-state index contributed by atoms with van der Waals surface area (Å²) in [6.07, 6.45) is 0.687. The highest BCUT2D eigenvalue weighted by Gasteiger charge is 2.11. The van der Waals surface area contributed by atoms with Gasteiger partial charge in [0.05, 0.1) is 19.8 Å². The Bertz CT molecular complexity index is 951. The lowest BCUT2D eigenvalue weighted by molar-refractivity contribution is -0.121. The Morgan fingerprint density at radius 1 is 1.07 bits per heavy atom. The summed E-state index contributed by atoms with van der Waals surface area (Å²) in [5, 5.41) is 2.87. The number of ether oxygens (including phenoxy) is 2. The Balaban J connectivity index is 1.55. The Morgan fingerprint density at radius 3 is 2.64 bits per heavy atom. The molecule has 0 saturated heterocycles. The van der Waals surface area contributed by atoms with Crippen molar-refractivity contribution in [3.8, 4) is 22.8 Å². The van der Waals surface area contributed by atoms with Crippen molar-refractivity contribution in [2.45, 2.75) is 19.4 Å². The number of nitrogens with one attached hydrogen (secondary N) is 1. The van der Waals surface area contributed by atoms with Crippen LogP contribution in [0.15, 0.2) is 59.0 Å². The van der Waals surface area contributed by atoms with E-state index in [2.05, 4.69) is 5.32 Å². The number of amides is 1. The van der Waals surface area contributed by atoms with Crippen LogP contribution in [-0.4, -0.2) is 20.1 Å². The summed E-state index contributed by atoms with van der Waals surface area (Å²) in [6.45, 7) is 0.331. The lowest BCUT2D eigenvalue weighted by Crippen LogP contribution is -2.23. The lowest BCUT2D eigenvalue weighted by Gasteiger charge is -2.11. The zero-order chi connectivity index (χ0) is 19.9. The number of rotatable bonds is 8. The van der Waals surface area contributed by atoms with Gasteiger partial charge in [0.1, 0.15) is 28.8 Å². The van der Waals surface area contributed by atoms with E-state index in [-0.39, 0.29) is 18.1 Å². The van der Waals surface area contributed by atoms with Crippen molar-refractivity contribution in [3.63, 3.8) is 0 Å². The third-order valence-electron chi connectivity index (χ3n) is 4.36. The molecule has 28 heavy (non-hydrogen) atoms. The topological polar surface area (TPSA) is 60.7 Å². The van der Waals surface area contributed by atoms with E-state index in [0.29, 0.717) is 41.5 Å². The Labute approximate surface area is 163 Å². The van der Waals surface area contributed by atoms with Crippen molar-refractivity contribution in [1.82, 2.24) is 5.32 Å². The smallest absolute Gasteiger partial charge is 0.220 e. The van der Waals surface area contributed by atoms with Gasteiger partial charge in [0.2, 0.25) is 5.91 Å². The van der Waals surface area contributed by atoms with Gasteiger partial charge in [0.25, 0.3) is 0 Å². The molecule has 5 nitrogen and oxygen atoms in total. The predicted molar refractivity (Wildman–Crippen MR) is 104 cm³/mol. The van der Waals surface area contributed by atoms with Crippen LogP contribution in [0.5, 0.6) is 11.5 Å². The average molecular weight is 383 g/mol. The van der Waals surface area contributed by atoms with Crippen molar-refractivity contribution in [2.24, 2.45) is 0 Å². The molecule has 0 saturated carbocycles. The van der Waals surface area contributed by atoms with Gasteiger partial charge in [-0.05, 0) is 42.5 Å². The van der Waals surface area contributed by atoms with Gasteiger partial charge in [-0.15, -0.1) is 0 Å². The van der Waals surface area contributed by atoms with E-state index in [4.69, 9.17) is 13.9 Å². The minimum Gasteiger partial charge on any atom is -0.497 e. The fraction of sp³-hybridized carbons (Fsp3) is 0.227. The molecule has 1 heterocycles. The van der Waals surface area contributed by atoms with Crippen molar-refractivity contribution in [3.05, 3.63) is 71.7 Å². The van der Waals surface area contributed by atoms with E-state index < -0.39 is 0 Å². The summed E-state index contributed by atoms with van der Waals surface area (Å²) < 4.78 is 30.0. The van der Waals surface area contributed by atoms with Crippen molar-refractivity contribution < 1.29 is 23.1 Å². The maximum absolute atomic E-state index is 13.8. The third kappa shape index (κ3) is 4.71. The lowest BCUT2D eigenvalue weighted by atomic mass is 10.1. The second-order valence-corrected chi connectivity index (χ2v) is 6.20. The first kappa shape index (κ1) is 19.5. The summed E-state index contributed by atoms with van der Waals surface area (Å²) in [7, 11) is 3.17. The summed E-state index contributed by atoms with van der Waals surface area (Å²) in [4.78, 5) is 12.2. The molecule has 1 N–H and O–H groups in total. The van der Waals surface area contributed by atoms with Crippen LogP contribution in [0.25, 0.3) is 11.3 Å². The van der Waals surface area contributed by atoms with Gasteiger partial charge >= 0.3 is 0 Å². The van der Waals surface area contributed by atoms with Crippen molar-refractivity contribution in [1.29, 1.82) is 0 Å². The molecule has 1 amide bonds. The SMILES string of the molecule is COc1ccc(OC)c(CNC(=O)CCc2ccc(-c3ccccc3F)o2)c1. The van der Waals surface area contributed by atoms with Crippen LogP contribution in [0.3, 0.4) is 0 Å². The van der Waals surface area contributed by atoms with Gasteiger partial charge in [-0.3, -0.25) is 4.79 Å². The molecule has 0 bridgehead atoms. The molecule has 0 unspecified atom stereocenters. The van der Waals surface area contributed by atoms with E-state index in [1.165, 1.54) is 6.07 Å². The van der Waals surface area contributed by atoms with Crippen molar-refractivity contribution in [2.75, 3.05) is 14.2 Å². The fourth-order valence-electron chi connectivity index (χ4n) is 2.86. The number of aryl methyl sites for hydroxylation is 1. The van der Waals surface area contributed by atoms with Crippen LogP contribution in [0, 0.1) is 5.82 Å². The predicted octanol–water partition coefficient (Wildman–Crippen LogP) is 4.35. The van der Waals surface area contributed by atoms with Crippen LogP contribution in [0.1, 0.15) is 17.7 Å². The van der Waals surface area contributed by atoms with E-state index >= 15 is 0 Å². The monoisotopic (exact) mass is 383 g/mol. The molecular formula is C22H22FNO4. The number of benzene rings is 2. The number of hydrogen-bond acceptors (Lipinski definition) is 4. The molecule has 0 radical (unpaired) electrons. The van der Waals surface area contributed by atoms with Gasteiger partial charge in [0.15, 0.2) is 0 Å². The van der Waals surface area contributed by atoms with Crippen molar-refractivity contribution >= 4 is 5.91 Å². The first-order valence-corrected chi connectivity index (χ1v) is 8.92. The standard InChI is InChI=1S/C22H22FNO4/c1-26-17-8-10-20(27-2)15(13-17)14-24-22(25)12-9-16-7-11-21(28-16)18-5-3-4-6-19(18)23/h3-8,10-11,13H,9,12,14H2,1-2H3,(H,24,25). The second kappa shape index (κ2) is 9.08. The number of carbonyl (C=O) groups excluding carboxylic acids is 1. The minimum atomic E-state index is -0.339.